The lowest BCUT2D eigenvalue weighted by Gasteiger charge is -2.12. The fourth-order valence-electron chi connectivity index (χ4n) is 0.467. The van der Waals surface area contributed by atoms with Gasteiger partial charge in [0.15, 0.2) is 5.78 Å². The number of ketones is 1. The zero-order valence-electron chi connectivity index (χ0n) is 6.29. The average molecular weight is 140 g/mol. The Hall–Kier alpha value is -1.25. The molecule has 0 unspecified atom stereocenters. The van der Waals surface area contributed by atoms with Crippen molar-refractivity contribution >= 4 is 5.78 Å². The summed E-state index contributed by atoms with van der Waals surface area (Å²) in [7, 11) is 1.72. The molecule has 0 aromatic rings. The van der Waals surface area contributed by atoms with Crippen molar-refractivity contribution in [3.8, 4) is 0 Å². The molecule has 0 aliphatic carbocycles. The van der Waals surface area contributed by atoms with Crippen molar-refractivity contribution in [1.82, 2.24) is 4.90 Å². The van der Waals surface area contributed by atoms with Gasteiger partial charge in [0.25, 0.3) is 0 Å². The second-order valence-corrected chi connectivity index (χ2v) is 1.96. The van der Waals surface area contributed by atoms with Gasteiger partial charge >= 0.3 is 0 Å². The Bertz CT molecular complexity index is 172. The summed E-state index contributed by atoms with van der Waals surface area (Å²) >= 11 is 0. The van der Waals surface area contributed by atoms with E-state index in [0.717, 1.165) is 0 Å². The predicted molar refractivity (Wildman–Crippen MR) is 40.9 cm³/mol. The molecule has 0 heterocycles. The van der Waals surface area contributed by atoms with E-state index in [-0.39, 0.29) is 5.78 Å². The lowest BCUT2D eigenvalue weighted by molar-refractivity contribution is -0.114. The SMILES string of the molecule is C=C(C(C)=O)N(C)/C=C\N. The van der Waals surface area contributed by atoms with Gasteiger partial charge in [-0.3, -0.25) is 4.79 Å². The lowest BCUT2D eigenvalue weighted by atomic mass is 10.3. The van der Waals surface area contributed by atoms with E-state index in [2.05, 4.69) is 6.58 Å². The standard InChI is InChI=1S/C7H12N2O/c1-6(7(2)10)9(3)5-4-8/h4-5H,1,8H2,2-3H3/b5-4-. The zero-order chi connectivity index (χ0) is 8.15. The second-order valence-electron chi connectivity index (χ2n) is 1.96. The van der Waals surface area contributed by atoms with Crippen molar-refractivity contribution in [3.05, 3.63) is 24.7 Å². The van der Waals surface area contributed by atoms with E-state index < -0.39 is 0 Å². The molecular weight excluding hydrogens is 128 g/mol. The van der Waals surface area contributed by atoms with Crippen LogP contribution >= 0.6 is 0 Å². The third kappa shape index (κ3) is 2.35. The van der Waals surface area contributed by atoms with Crippen LogP contribution in [0.3, 0.4) is 0 Å². The minimum Gasteiger partial charge on any atom is -0.403 e. The van der Waals surface area contributed by atoms with E-state index in [1.54, 1.807) is 18.1 Å². The van der Waals surface area contributed by atoms with Gasteiger partial charge in [-0.15, -0.1) is 0 Å². The molecule has 0 fully saturated rings. The Labute approximate surface area is 60.8 Å². The first-order chi connectivity index (χ1) is 4.59. The Kier molecular flexibility index (Phi) is 3.25. The second kappa shape index (κ2) is 3.71. The molecule has 0 aromatic heterocycles. The zero-order valence-corrected chi connectivity index (χ0v) is 6.29. The number of hydrogen-bond acceptors (Lipinski definition) is 3. The van der Waals surface area contributed by atoms with Gasteiger partial charge in [0, 0.05) is 26.4 Å². The van der Waals surface area contributed by atoms with E-state index in [1.807, 2.05) is 0 Å². The van der Waals surface area contributed by atoms with Crippen LogP contribution in [0.5, 0.6) is 0 Å². The molecule has 10 heavy (non-hydrogen) atoms. The normalized spacial score (nSPS) is 9.80. The van der Waals surface area contributed by atoms with Crippen molar-refractivity contribution in [3.63, 3.8) is 0 Å². The maximum absolute atomic E-state index is 10.6. The molecule has 3 nitrogen and oxygen atoms in total. The largest absolute Gasteiger partial charge is 0.403 e. The summed E-state index contributed by atoms with van der Waals surface area (Å²) in [5.74, 6) is -0.0550. The minimum atomic E-state index is -0.0550. The summed E-state index contributed by atoms with van der Waals surface area (Å²) in [5.41, 5.74) is 5.52. The van der Waals surface area contributed by atoms with Gasteiger partial charge in [0.05, 0.1) is 5.70 Å². The molecule has 0 saturated heterocycles. The number of carbonyl (C=O) groups is 1. The number of carbonyl (C=O) groups excluding carboxylic acids is 1. The maximum atomic E-state index is 10.6. The smallest absolute Gasteiger partial charge is 0.175 e. The third-order valence-electron chi connectivity index (χ3n) is 1.14. The number of nitrogens with zero attached hydrogens (tertiary/aromatic N) is 1. The maximum Gasteiger partial charge on any atom is 0.175 e. The highest BCUT2D eigenvalue weighted by molar-refractivity contribution is 5.92. The molecule has 0 bridgehead atoms. The first-order valence-corrected chi connectivity index (χ1v) is 2.90. The van der Waals surface area contributed by atoms with E-state index >= 15 is 0 Å². The number of allylic oxidation sites excluding steroid dienone is 1. The third-order valence-corrected chi connectivity index (χ3v) is 1.14. The van der Waals surface area contributed by atoms with Gasteiger partial charge in [-0.25, -0.2) is 0 Å². The number of rotatable bonds is 3. The molecule has 0 radical (unpaired) electrons. The molecule has 0 aliphatic heterocycles. The van der Waals surface area contributed by atoms with E-state index in [4.69, 9.17) is 5.73 Å². The van der Waals surface area contributed by atoms with E-state index in [9.17, 15) is 4.79 Å². The molecular formula is C7H12N2O. The molecule has 0 amide bonds. The van der Waals surface area contributed by atoms with Gasteiger partial charge in [-0.2, -0.15) is 0 Å². The first-order valence-electron chi connectivity index (χ1n) is 2.90. The Morgan fingerprint density at radius 1 is 1.70 bits per heavy atom. The van der Waals surface area contributed by atoms with Crippen molar-refractivity contribution in [2.75, 3.05) is 7.05 Å². The van der Waals surface area contributed by atoms with Gasteiger partial charge in [-0.1, -0.05) is 6.58 Å². The van der Waals surface area contributed by atoms with Crippen molar-refractivity contribution in [2.24, 2.45) is 5.73 Å². The topological polar surface area (TPSA) is 46.3 Å². The Balaban J connectivity index is 4.08. The fourth-order valence-corrected chi connectivity index (χ4v) is 0.467. The summed E-state index contributed by atoms with van der Waals surface area (Å²) < 4.78 is 0. The highest BCUT2D eigenvalue weighted by Crippen LogP contribution is 1.98. The molecule has 0 spiro atoms. The summed E-state index contributed by atoms with van der Waals surface area (Å²) in [5, 5.41) is 0. The van der Waals surface area contributed by atoms with Crippen LogP contribution in [-0.2, 0) is 4.79 Å². The molecule has 3 heteroatoms. The summed E-state index contributed by atoms with van der Waals surface area (Å²) in [4.78, 5) is 12.2. The van der Waals surface area contributed by atoms with E-state index in [0.29, 0.717) is 5.70 Å². The summed E-state index contributed by atoms with van der Waals surface area (Å²) in [6.07, 6.45) is 2.93. The van der Waals surface area contributed by atoms with Crippen LogP contribution in [-0.4, -0.2) is 17.7 Å². The van der Waals surface area contributed by atoms with Crippen LogP contribution < -0.4 is 5.73 Å². The van der Waals surface area contributed by atoms with Crippen LogP contribution in [0.2, 0.25) is 0 Å². The van der Waals surface area contributed by atoms with Crippen LogP contribution in [0.15, 0.2) is 24.7 Å². The van der Waals surface area contributed by atoms with E-state index in [1.165, 1.54) is 13.1 Å². The Morgan fingerprint density at radius 3 is 2.50 bits per heavy atom. The number of nitrogens with two attached hydrogens (primary N) is 1. The number of likely N-dealkylation sites (N-methyl/N-ethyl adjacent to an activating group) is 1. The van der Waals surface area contributed by atoms with Crippen LogP contribution in [0, 0.1) is 0 Å². The molecule has 0 aromatic carbocycles. The van der Waals surface area contributed by atoms with Gasteiger partial charge < -0.3 is 10.6 Å². The van der Waals surface area contributed by atoms with Gasteiger partial charge in [0.2, 0.25) is 0 Å². The predicted octanol–water partition coefficient (Wildman–Crippen LogP) is 0.451. The molecule has 0 saturated carbocycles. The van der Waals surface area contributed by atoms with Gasteiger partial charge in [0.1, 0.15) is 0 Å². The molecule has 0 atom stereocenters. The minimum absolute atomic E-state index is 0.0550. The van der Waals surface area contributed by atoms with Crippen LogP contribution in [0.4, 0.5) is 0 Å². The quantitative estimate of drug-likeness (QED) is 0.579. The first kappa shape index (κ1) is 8.75. The fraction of sp³-hybridized carbons (Fsp3) is 0.286. The van der Waals surface area contributed by atoms with Crippen molar-refractivity contribution in [2.45, 2.75) is 6.92 Å². The molecule has 0 rings (SSSR count). The highest BCUT2D eigenvalue weighted by atomic mass is 16.1. The van der Waals surface area contributed by atoms with Gasteiger partial charge in [-0.05, 0) is 0 Å². The number of Topliss-reactive ketones (excluding diaryl/α,β-unsaturated/α-hetero) is 1. The molecule has 0 aliphatic rings. The number of hydrogen-bond donors (Lipinski definition) is 1. The van der Waals surface area contributed by atoms with Crippen molar-refractivity contribution < 1.29 is 4.79 Å². The summed E-state index contributed by atoms with van der Waals surface area (Å²) in [6, 6.07) is 0. The lowest BCUT2D eigenvalue weighted by Crippen LogP contribution is -2.15. The summed E-state index contributed by atoms with van der Waals surface area (Å²) in [6.45, 7) is 5.00. The average Bonchev–Trinajstić information content (AvgIpc) is 1.87. The highest BCUT2D eigenvalue weighted by Gasteiger charge is 2.01. The molecule has 2 N–H and O–H groups in total. The van der Waals surface area contributed by atoms with Crippen molar-refractivity contribution in [1.29, 1.82) is 0 Å². The van der Waals surface area contributed by atoms with Crippen LogP contribution in [0.1, 0.15) is 6.92 Å². The monoisotopic (exact) mass is 140 g/mol. The Morgan fingerprint density at radius 2 is 2.20 bits per heavy atom. The molecule has 56 valence electrons. The van der Waals surface area contributed by atoms with Crippen LogP contribution in [0.25, 0.3) is 0 Å².